The fourth-order valence-electron chi connectivity index (χ4n) is 2.31. The highest BCUT2D eigenvalue weighted by Gasteiger charge is 2.53. The van der Waals surface area contributed by atoms with E-state index in [2.05, 4.69) is 11.9 Å². The predicted octanol–water partition coefficient (Wildman–Crippen LogP) is 2.38. The second-order valence-electron chi connectivity index (χ2n) is 5.61. The van der Waals surface area contributed by atoms with E-state index >= 15 is 0 Å². The summed E-state index contributed by atoms with van der Waals surface area (Å²) in [6.45, 7) is 9.36. The Labute approximate surface area is 135 Å². The Balaban J connectivity index is 3.19. The molecule has 0 aromatic heterocycles. The van der Waals surface area contributed by atoms with E-state index in [1.807, 2.05) is 13.8 Å². The Morgan fingerprint density at radius 1 is 1.50 bits per heavy atom. The molecule has 7 heteroatoms. The number of ether oxygens (including phenoxy) is 1. The number of carbonyl (C=O) groups is 3. The van der Waals surface area contributed by atoms with Gasteiger partial charge in [-0.2, -0.15) is 4.90 Å². The third-order valence-electron chi connectivity index (χ3n) is 3.56. The quantitative estimate of drug-likeness (QED) is 0.461. The van der Waals surface area contributed by atoms with Crippen LogP contribution >= 0.6 is 12.2 Å². The van der Waals surface area contributed by atoms with Crippen molar-refractivity contribution in [2.45, 2.75) is 40.0 Å². The third kappa shape index (κ3) is 3.52. The van der Waals surface area contributed by atoms with Gasteiger partial charge in [0.1, 0.15) is 5.41 Å². The number of rotatable bonds is 6. The summed E-state index contributed by atoms with van der Waals surface area (Å²) in [7, 11) is 0. The average molecular weight is 326 g/mol. The summed E-state index contributed by atoms with van der Waals surface area (Å²) in [4.78, 5) is 37.9. The van der Waals surface area contributed by atoms with Crippen molar-refractivity contribution in [3.63, 3.8) is 0 Å². The van der Waals surface area contributed by atoms with Crippen molar-refractivity contribution in [1.29, 1.82) is 0 Å². The molecule has 1 N–H and O–H groups in total. The first-order chi connectivity index (χ1) is 10.3. The highest BCUT2D eigenvalue weighted by Crippen LogP contribution is 2.36. The van der Waals surface area contributed by atoms with Gasteiger partial charge in [0.05, 0.1) is 6.61 Å². The average Bonchev–Trinajstić information content (AvgIpc) is 2.42. The lowest BCUT2D eigenvalue weighted by Crippen LogP contribution is -2.65. The zero-order chi connectivity index (χ0) is 16.9. The summed E-state index contributed by atoms with van der Waals surface area (Å²) in [5.41, 5.74) is -1.36. The van der Waals surface area contributed by atoms with Gasteiger partial charge in [0.25, 0.3) is 5.91 Å². The number of imide groups is 1. The molecule has 0 saturated carbocycles. The Morgan fingerprint density at radius 3 is 2.64 bits per heavy atom. The van der Waals surface area contributed by atoms with Crippen molar-refractivity contribution >= 4 is 35.2 Å². The topological polar surface area (TPSA) is 75.7 Å². The van der Waals surface area contributed by atoms with Crippen molar-refractivity contribution in [2.75, 3.05) is 6.61 Å². The number of carbonyl (C=O) groups excluding carboxylic acids is 3. The van der Waals surface area contributed by atoms with Gasteiger partial charge in [-0.3, -0.25) is 9.59 Å². The summed E-state index contributed by atoms with van der Waals surface area (Å²) >= 11 is 4.94. The van der Waals surface area contributed by atoms with Crippen LogP contribution in [0.3, 0.4) is 0 Å². The minimum absolute atomic E-state index is 0.111. The van der Waals surface area contributed by atoms with Gasteiger partial charge >= 0.3 is 6.09 Å². The number of amides is 3. The van der Waals surface area contributed by atoms with Crippen LogP contribution in [0.1, 0.15) is 40.0 Å². The molecule has 0 radical (unpaired) electrons. The molecule has 122 valence electrons. The van der Waals surface area contributed by atoms with Gasteiger partial charge in [-0.25, -0.2) is 4.79 Å². The highest BCUT2D eigenvalue weighted by atomic mass is 32.1. The smallest absolute Gasteiger partial charge is 0.423 e. The van der Waals surface area contributed by atoms with Crippen molar-refractivity contribution in [2.24, 2.45) is 11.3 Å². The maximum atomic E-state index is 12.8. The fourth-order valence-corrected chi connectivity index (χ4v) is 2.56. The van der Waals surface area contributed by atoms with Gasteiger partial charge in [-0.15, -0.1) is 6.58 Å². The highest BCUT2D eigenvalue weighted by molar-refractivity contribution is 7.80. The molecule has 0 aromatic carbocycles. The van der Waals surface area contributed by atoms with Crippen LogP contribution in [0.4, 0.5) is 4.79 Å². The second kappa shape index (κ2) is 7.49. The zero-order valence-corrected chi connectivity index (χ0v) is 14.0. The molecule has 0 aromatic rings. The first-order valence-electron chi connectivity index (χ1n) is 7.27. The summed E-state index contributed by atoms with van der Waals surface area (Å²) in [5.74, 6) is -0.809. The molecule has 3 amide bonds. The van der Waals surface area contributed by atoms with Crippen LogP contribution in [0, 0.1) is 11.3 Å². The van der Waals surface area contributed by atoms with Crippen LogP contribution in [0.25, 0.3) is 0 Å². The van der Waals surface area contributed by atoms with E-state index in [0.717, 1.165) is 4.90 Å². The summed E-state index contributed by atoms with van der Waals surface area (Å²) < 4.78 is 4.86. The van der Waals surface area contributed by atoms with Crippen LogP contribution in [0.2, 0.25) is 0 Å². The van der Waals surface area contributed by atoms with Gasteiger partial charge in [0.15, 0.2) is 5.11 Å². The fraction of sp³-hybridized carbons (Fsp3) is 0.600. The van der Waals surface area contributed by atoms with E-state index in [-0.39, 0.29) is 18.1 Å². The SMILES string of the molecule is C=CCC1(CCC(C)C)C(=O)NC(=S)N(C(=O)OCC)C1=O. The molecule has 0 bridgehead atoms. The first-order valence-corrected chi connectivity index (χ1v) is 7.68. The lowest BCUT2D eigenvalue weighted by Gasteiger charge is -2.39. The molecule has 1 aliphatic heterocycles. The number of nitrogens with zero attached hydrogens (tertiary/aromatic N) is 1. The molecular weight excluding hydrogens is 304 g/mol. The molecule has 22 heavy (non-hydrogen) atoms. The molecule has 1 saturated heterocycles. The summed E-state index contributed by atoms with van der Waals surface area (Å²) in [6, 6.07) is 0. The van der Waals surface area contributed by atoms with Crippen LogP contribution < -0.4 is 5.32 Å². The number of hydrogen-bond donors (Lipinski definition) is 1. The molecule has 1 unspecified atom stereocenters. The second-order valence-corrected chi connectivity index (χ2v) is 5.99. The zero-order valence-electron chi connectivity index (χ0n) is 13.2. The van der Waals surface area contributed by atoms with Crippen LogP contribution in [0.15, 0.2) is 12.7 Å². The van der Waals surface area contributed by atoms with Crippen molar-refractivity contribution < 1.29 is 19.1 Å². The monoisotopic (exact) mass is 326 g/mol. The molecule has 1 aliphatic rings. The van der Waals surface area contributed by atoms with Crippen LogP contribution in [-0.2, 0) is 14.3 Å². The lowest BCUT2D eigenvalue weighted by atomic mass is 9.75. The number of nitrogens with one attached hydrogen (secondary N) is 1. The van der Waals surface area contributed by atoms with Gasteiger partial charge in [0.2, 0.25) is 5.91 Å². The van der Waals surface area contributed by atoms with Gasteiger partial charge < -0.3 is 10.1 Å². The molecule has 1 heterocycles. The van der Waals surface area contributed by atoms with E-state index in [9.17, 15) is 14.4 Å². The van der Waals surface area contributed by atoms with E-state index in [0.29, 0.717) is 18.8 Å². The van der Waals surface area contributed by atoms with Crippen LogP contribution in [0.5, 0.6) is 0 Å². The Bertz CT molecular complexity index is 504. The predicted molar refractivity (Wildman–Crippen MR) is 85.9 cm³/mol. The maximum Gasteiger partial charge on any atom is 0.423 e. The van der Waals surface area contributed by atoms with Gasteiger partial charge in [-0.1, -0.05) is 19.9 Å². The van der Waals surface area contributed by atoms with Crippen molar-refractivity contribution in [1.82, 2.24) is 10.2 Å². The molecule has 1 atom stereocenters. The number of allylic oxidation sites excluding steroid dienone is 1. The Hall–Kier alpha value is -1.76. The minimum Gasteiger partial charge on any atom is -0.449 e. The van der Waals surface area contributed by atoms with Crippen molar-refractivity contribution in [3.05, 3.63) is 12.7 Å². The number of thiocarbonyl (C=S) groups is 1. The lowest BCUT2D eigenvalue weighted by molar-refractivity contribution is -0.149. The summed E-state index contributed by atoms with van der Waals surface area (Å²) in [6.07, 6.45) is 1.77. The van der Waals surface area contributed by atoms with E-state index in [1.165, 1.54) is 6.08 Å². The molecule has 6 nitrogen and oxygen atoms in total. The van der Waals surface area contributed by atoms with Crippen LogP contribution in [-0.4, -0.2) is 34.5 Å². The van der Waals surface area contributed by atoms with E-state index in [1.54, 1.807) is 6.92 Å². The van der Waals surface area contributed by atoms with Gasteiger partial charge in [-0.05, 0) is 44.3 Å². The molecule has 1 rings (SSSR count). The molecule has 1 fully saturated rings. The largest absolute Gasteiger partial charge is 0.449 e. The maximum absolute atomic E-state index is 12.8. The Kier molecular flexibility index (Phi) is 6.22. The summed E-state index contributed by atoms with van der Waals surface area (Å²) in [5, 5.41) is 2.21. The molecule has 0 aliphatic carbocycles. The van der Waals surface area contributed by atoms with E-state index < -0.39 is 23.3 Å². The van der Waals surface area contributed by atoms with Gasteiger partial charge in [0, 0.05) is 0 Å². The third-order valence-corrected chi connectivity index (χ3v) is 3.85. The molecule has 0 spiro atoms. The molecular formula is C15H22N2O4S. The van der Waals surface area contributed by atoms with E-state index in [4.69, 9.17) is 17.0 Å². The standard InChI is InChI=1S/C15H22N2O4S/c1-5-8-15(9-7-10(3)4)11(18)16-13(22)17(12(15)19)14(20)21-6-2/h5,10H,1,6-9H2,2-4H3,(H,16,18,22). The normalized spacial score (nSPS) is 21.8. The minimum atomic E-state index is -1.36. The first kappa shape index (κ1) is 18.3. The Morgan fingerprint density at radius 2 is 2.14 bits per heavy atom. The number of hydrogen-bond acceptors (Lipinski definition) is 5. The van der Waals surface area contributed by atoms with Crippen molar-refractivity contribution in [3.8, 4) is 0 Å².